The molecule has 9 heteroatoms. The number of methoxy groups -OCH3 is 1. The van der Waals surface area contributed by atoms with Crippen LogP contribution in [0.2, 0.25) is 0 Å². The predicted octanol–water partition coefficient (Wildman–Crippen LogP) is 4.17. The number of aromatic nitrogens is 5. The summed E-state index contributed by atoms with van der Waals surface area (Å²) in [5, 5.41) is 13.5. The Morgan fingerprint density at radius 1 is 1.11 bits per heavy atom. The Balaban J connectivity index is 1.20. The molecule has 4 aromatic rings. The molecule has 9 nitrogen and oxygen atoms in total. The summed E-state index contributed by atoms with van der Waals surface area (Å²) in [4.78, 5) is 27.5. The molecule has 1 saturated heterocycles. The van der Waals surface area contributed by atoms with Crippen molar-refractivity contribution in [2.24, 2.45) is 5.92 Å². The third-order valence-electron chi connectivity index (χ3n) is 7.34. The Hall–Kier alpha value is -3.75. The van der Waals surface area contributed by atoms with Crippen molar-refractivity contribution in [2.75, 3.05) is 25.5 Å². The number of aromatic amines is 1. The van der Waals surface area contributed by atoms with Crippen LogP contribution < -0.4 is 10.1 Å². The zero-order valence-corrected chi connectivity index (χ0v) is 19.8. The molecule has 1 saturated carbocycles. The lowest BCUT2D eigenvalue weighted by molar-refractivity contribution is -0.135. The summed E-state index contributed by atoms with van der Waals surface area (Å²) in [6.45, 7) is 1.85. The van der Waals surface area contributed by atoms with E-state index in [1.165, 1.54) is 0 Å². The molecule has 180 valence electrons. The number of H-pyrrole nitrogens is 1. The van der Waals surface area contributed by atoms with Crippen molar-refractivity contribution in [3.05, 3.63) is 36.7 Å². The molecule has 4 heterocycles. The van der Waals surface area contributed by atoms with E-state index in [1.807, 2.05) is 29.3 Å². The first-order chi connectivity index (χ1) is 17.2. The second-order valence-electron chi connectivity index (χ2n) is 9.51. The summed E-state index contributed by atoms with van der Waals surface area (Å²) in [5.41, 5.74) is 3.58. The van der Waals surface area contributed by atoms with Crippen molar-refractivity contribution in [2.45, 2.75) is 44.6 Å². The highest BCUT2D eigenvalue weighted by Crippen LogP contribution is 2.36. The molecule has 2 fully saturated rings. The smallest absolute Gasteiger partial charge is 0.228 e. The maximum Gasteiger partial charge on any atom is 0.228 e. The SMILES string of the molecule is COc1nc(N[C@H]2CC[C@@H](C(=O)N3CCCC3)CC2)nc2[nH]cc(-c3ccc4nnccc4c3)c12. The number of likely N-dealkylation sites (tertiary alicyclic amines) is 1. The average Bonchev–Trinajstić information content (AvgIpc) is 3.59. The molecular weight excluding hydrogens is 442 g/mol. The molecule has 3 aromatic heterocycles. The van der Waals surface area contributed by atoms with Gasteiger partial charge in [0.25, 0.3) is 0 Å². The van der Waals surface area contributed by atoms with Crippen molar-refractivity contribution in [3.8, 4) is 17.0 Å². The molecule has 0 unspecified atom stereocenters. The fourth-order valence-corrected chi connectivity index (χ4v) is 5.46. The van der Waals surface area contributed by atoms with E-state index < -0.39 is 0 Å². The summed E-state index contributed by atoms with van der Waals surface area (Å²) in [6.07, 6.45) is 9.60. The Labute approximate surface area is 203 Å². The zero-order valence-electron chi connectivity index (χ0n) is 19.8. The van der Waals surface area contributed by atoms with Gasteiger partial charge in [-0.1, -0.05) is 6.07 Å². The number of ether oxygens (including phenoxy) is 1. The first-order valence-corrected chi connectivity index (χ1v) is 12.4. The van der Waals surface area contributed by atoms with E-state index in [9.17, 15) is 4.79 Å². The minimum absolute atomic E-state index is 0.156. The molecule has 1 aromatic carbocycles. The fourth-order valence-electron chi connectivity index (χ4n) is 5.46. The number of nitrogens with one attached hydrogen (secondary N) is 2. The molecule has 2 aliphatic rings. The van der Waals surface area contributed by atoms with Crippen LogP contribution in [-0.2, 0) is 4.79 Å². The number of benzene rings is 1. The zero-order chi connectivity index (χ0) is 23.8. The van der Waals surface area contributed by atoms with Crippen LogP contribution in [-0.4, -0.2) is 62.2 Å². The molecule has 6 rings (SSSR count). The molecule has 35 heavy (non-hydrogen) atoms. The molecule has 0 atom stereocenters. The number of hydrogen-bond acceptors (Lipinski definition) is 7. The van der Waals surface area contributed by atoms with Crippen LogP contribution in [0.25, 0.3) is 33.1 Å². The number of anilines is 1. The standard InChI is InChI=1S/C26H29N7O2/c1-35-24-22-20(17-6-9-21-18(14-17)10-11-28-32-21)15-27-23(22)30-26(31-24)29-19-7-4-16(5-8-19)25(34)33-12-2-3-13-33/h6,9-11,14-16,19H,2-5,7-8,12-13H2,1H3,(H2,27,29,30,31)/t16-,19+. The van der Waals surface area contributed by atoms with Crippen molar-refractivity contribution in [1.29, 1.82) is 0 Å². The minimum Gasteiger partial charge on any atom is -0.480 e. The van der Waals surface area contributed by atoms with Crippen molar-refractivity contribution < 1.29 is 9.53 Å². The van der Waals surface area contributed by atoms with Gasteiger partial charge in [-0.2, -0.15) is 20.2 Å². The summed E-state index contributed by atoms with van der Waals surface area (Å²) in [5.74, 6) is 1.58. The van der Waals surface area contributed by atoms with E-state index in [2.05, 4.69) is 31.5 Å². The molecule has 1 aliphatic heterocycles. The average molecular weight is 472 g/mol. The Bertz CT molecular complexity index is 1370. The number of rotatable bonds is 5. The molecule has 0 radical (unpaired) electrons. The Morgan fingerprint density at radius 2 is 1.94 bits per heavy atom. The summed E-state index contributed by atoms with van der Waals surface area (Å²) >= 11 is 0. The lowest BCUT2D eigenvalue weighted by Crippen LogP contribution is -2.37. The van der Waals surface area contributed by atoms with Crippen LogP contribution in [0, 0.1) is 5.92 Å². The monoisotopic (exact) mass is 471 g/mol. The molecular formula is C26H29N7O2. The van der Waals surface area contributed by atoms with Crippen molar-refractivity contribution >= 4 is 33.8 Å². The summed E-state index contributed by atoms with van der Waals surface area (Å²) < 4.78 is 5.69. The second-order valence-corrected chi connectivity index (χ2v) is 9.51. The molecule has 2 N–H and O–H groups in total. The van der Waals surface area contributed by atoms with Gasteiger partial charge in [0.15, 0.2) is 0 Å². The van der Waals surface area contributed by atoms with Gasteiger partial charge in [-0.3, -0.25) is 4.79 Å². The third-order valence-corrected chi connectivity index (χ3v) is 7.34. The van der Waals surface area contributed by atoms with Gasteiger partial charge in [0.05, 0.1) is 24.2 Å². The van der Waals surface area contributed by atoms with Crippen LogP contribution in [0.1, 0.15) is 38.5 Å². The van der Waals surface area contributed by atoms with E-state index in [0.29, 0.717) is 17.7 Å². The van der Waals surface area contributed by atoms with Crippen LogP contribution >= 0.6 is 0 Å². The van der Waals surface area contributed by atoms with Crippen LogP contribution in [0.4, 0.5) is 5.95 Å². The Kier molecular flexibility index (Phi) is 5.67. The van der Waals surface area contributed by atoms with Gasteiger partial charge >= 0.3 is 0 Å². The molecule has 0 bridgehead atoms. The van der Waals surface area contributed by atoms with Gasteiger partial charge in [0.1, 0.15) is 5.65 Å². The highest BCUT2D eigenvalue weighted by molar-refractivity contribution is 5.99. The van der Waals surface area contributed by atoms with Crippen LogP contribution in [0.15, 0.2) is 36.7 Å². The molecule has 1 aliphatic carbocycles. The molecule has 1 amide bonds. The lowest BCUT2D eigenvalue weighted by atomic mass is 9.85. The van der Waals surface area contributed by atoms with Crippen LogP contribution in [0.3, 0.4) is 0 Å². The number of nitrogens with zero attached hydrogens (tertiary/aromatic N) is 5. The highest BCUT2D eigenvalue weighted by Gasteiger charge is 2.31. The topological polar surface area (TPSA) is 109 Å². The van der Waals surface area contributed by atoms with Gasteiger partial charge in [-0.25, -0.2) is 0 Å². The highest BCUT2D eigenvalue weighted by atomic mass is 16.5. The predicted molar refractivity (Wildman–Crippen MR) is 134 cm³/mol. The normalized spacial score (nSPS) is 20.4. The summed E-state index contributed by atoms with van der Waals surface area (Å²) in [7, 11) is 1.63. The maximum absolute atomic E-state index is 12.7. The van der Waals surface area contributed by atoms with Crippen LogP contribution in [0.5, 0.6) is 5.88 Å². The van der Waals surface area contributed by atoms with Gasteiger partial charge in [0.2, 0.25) is 17.7 Å². The first-order valence-electron chi connectivity index (χ1n) is 12.4. The van der Waals surface area contributed by atoms with E-state index in [1.54, 1.807) is 13.3 Å². The molecule has 0 spiro atoms. The number of fused-ring (bicyclic) bond motifs is 2. The minimum atomic E-state index is 0.156. The van der Waals surface area contributed by atoms with Gasteiger partial charge in [-0.15, -0.1) is 0 Å². The summed E-state index contributed by atoms with van der Waals surface area (Å²) in [6, 6.07) is 8.26. The van der Waals surface area contributed by atoms with Gasteiger partial charge in [-0.05, 0) is 62.3 Å². The number of amides is 1. The van der Waals surface area contributed by atoms with E-state index in [4.69, 9.17) is 9.72 Å². The van der Waals surface area contributed by atoms with Gasteiger partial charge < -0.3 is 19.9 Å². The number of carbonyl (C=O) groups excluding carboxylic acids is 1. The van der Waals surface area contributed by atoms with E-state index in [-0.39, 0.29) is 12.0 Å². The fraction of sp³-hybridized carbons (Fsp3) is 0.423. The van der Waals surface area contributed by atoms with E-state index in [0.717, 1.165) is 84.7 Å². The largest absolute Gasteiger partial charge is 0.480 e. The first kappa shape index (κ1) is 21.8. The quantitative estimate of drug-likeness (QED) is 0.450. The maximum atomic E-state index is 12.7. The number of hydrogen-bond donors (Lipinski definition) is 2. The lowest BCUT2D eigenvalue weighted by Gasteiger charge is -2.30. The van der Waals surface area contributed by atoms with Crippen molar-refractivity contribution in [1.82, 2.24) is 30.0 Å². The van der Waals surface area contributed by atoms with Gasteiger partial charge in [0, 0.05) is 42.2 Å². The van der Waals surface area contributed by atoms with Crippen molar-refractivity contribution in [3.63, 3.8) is 0 Å². The second kappa shape index (κ2) is 9.13. The Morgan fingerprint density at radius 3 is 2.74 bits per heavy atom. The number of carbonyl (C=O) groups is 1. The van der Waals surface area contributed by atoms with E-state index >= 15 is 0 Å². The third kappa shape index (κ3) is 4.15.